The van der Waals surface area contributed by atoms with Gasteiger partial charge in [-0.3, -0.25) is 9.29 Å². The Morgan fingerprint density at radius 1 is 1.38 bits per heavy atom. The normalized spacial score (nSPS) is 11.3. The van der Waals surface area contributed by atoms with Gasteiger partial charge in [0.05, 0.1) is 5.69 Å². The highest BCUT2D eigenvalue weighted by Crippen LogP contribution is 2.24. The molecule has 0 spiro atoms. The molecule has 1 N–H and O–H groups in total. The number of carboxylic acid groups (broad SMARTS) is 1. The van der Waals surface area contributed by atoms with Crippen molar-refractivity contribution in [1.29, 1.82) is 0 Å². The van der Waals surface area contributed by atoms with Crippen LogP contribution in [0.15, 0.2) is 41.7 Å². The molecule has 0 fully saturated rings. The van der Waals surface area contributed by atoms with Crippen LogP contribution in [0.5, 0.6) is 0 Å². The molecule has 0 aliphatic carbocycles. The third-order valence-electron chi connectivity index (χ3n) is 3.02. The van der Waals surface area contributed by atoms with E-state index in [1.165, 1.54) is 34.5 Å². The minimum atomic E-state index is -3.82. The van der Waals surface area contributed by atoms with E-state index in [9.17, 15) is 13.2 Å². The van der Waals surface area contributed by atoms with Gasteiger partial charge in [-0.05, 0) is 25.1 Å². The highest BCUT2D eigenvalue weighted by Gasteiger charge is 2.26. The number of aromatic carboxylic acids is 1. The van der Waals surface area contributed by atoms with E-state index in [1.807, 2.05) is 0 Å². The van der Waals surface area contributed by atoms with Crippen molar-refractivity contribution in [3.8, 4) is 0 Å². The van der Waals surface area contributed by atoms with Gasteiger partial charge in [-0.15, -0.1) is 0 Å². The van der Waals surface area contributed by atoms with E-state index in [2.05, 4.69) is 4.98 Å². The summed E-state index contributed by atoms with van der Waals surface area (Å²) in [5, 5.41) is 9.02. The van der Waals surface area contributed by atoms with Crippen molar-refractivity contribution >= 4 is 21.7 Å². The molecule has 0 aliphatic rings. The van der Waals surface area contributed by atoms with Gasteiger partial charge in [-0.2, -0.15) is 0 Å². The molecule has 2 rings (SSSR count). The SMILES string of the molecule is CCN(c1ccncc1)S(=O)(=O)c1cc(C(=O)O)n(C)c1. The number of anilines is 1. The summed E-state index contributed by atoms with van der Waals surface area (Å²) in [7, 11) is -2.33. The number of hydrogen-bond donors (Lipinski definition) is 1. The van der Waals surface area contributed by atoms with Crippen molar-refractivity contribution in [2.75, 3.05) is 10.8 Å². The maximum Gasteiger partial charge on any atom is 0.352 e. The van der Waals surface area contributed by atoms with E-state index in [1.54, 1.807) is 19.1 Å². The number of nitrogens with zero attached hydrogens (tertiary/aromatic N) is 3. The van der Waals surface area contributed by atoms with Crippen LogP contribution in [0.25, 0.3) is 0 Å². The molecule has 0 amide bonds. The third-order valence-corrected chi connectivity index (χ3v) is 4.89. The Morgan fingerprint density at radius 3 is 2.48 bits per heavy atom. The first-order valence-corrected chi connectivity index (χ1v) is 7.64. The van der Waals surface area contributed by atoms with Crippen molar-refractivity contribution in [3.63, 3.8) is 0 Å². The molecule has 0 saturated carbocycles. The lowest BCUT2D eigenvalue weighted by Crippen LogP contribution is -2.30. The average molecular weight is 309 g/mol. The fourth-order valence-corrected chi connectivity index (χ4v) is 3.56. The van der Waals surface area contributed by atoms with Gasteiger partial charge in [-0.1, -0.05) is 0 Å². The monoisotopic (exact) mass is 309 g/mol. The number of rotatable bonds is 5. The van der Waals surface area contributed by atoms with Crippen LogP contribution in [0.1, 0.15) is 17.4 Å². The first-order valence-electron chi connectivity index (χ1n) is 6.20. The van der Waals surface area contributed by atoms with Gasteiger partial charge < -0.3 is 9.67 Å². The van der Waals surface area contributed by atoms with Crippen LogP contribution in [0.4, 0.5) is 5.69 Å². The lowest BCUT2D eigenvalue weighted by atomic mass is 10.4. The zero-order chi connectivity index (χ0) is 15.6. The molecule has 0 atom stereocenters. The molecule has 0 bridgehead atoms. The summed E-state index contributed by atoms with van der Waals surface area (Å²) in [6, 6.07) is 4.33. The number of hydrogen-bond acceptors (Lipinski definition) is 4. The molecule has 2 heterocycles. The smallest absolute Gasteiger partial charge is 0.352 e. The van der Waals surface area contributed by atoms with Crippen molar-refractivity contribution in [3.05, 3.63) is 42.5 Å². The predicted molar refractivity (Wildman–Crippen MR) is 76.8 cm³/mol. The van der Waals surface area contributed by atoms with Gasteiger partial charge in [0.1, 0.15) is 10.6 Å². The summed E-state index contributed by atoms with van der Waals surface area (Å²) in [4.78, 5) is 14.8. The highest BCUT2D eigenvalue weighted by atomic mass is 32.2. The number of aromatic nitrogens is 2. The van der Waals surface area contributed by atoms with Crippen molar-refractivity contribution in [2.45, 2.75) is 11.8 Å². The molecule has 2 aromatic heterocycles. The Kier molecular flexibility index (Phi) is 3.99. The zero-order valence-corrected chi connectivity index (χ0v) is 12.4. The maximum absolute atomic E-state index is 12.7. The lowest BCUT2D eigenvalue weighted by Gasteiger charge is -2.21. The maximum atomic E-state index is 12.7. The Balaban J connectivity index is 2.50. The standard InChI is InChI=1S/C13H15N3O4S/c1-3-16(10-4-6-14-7-5-10)21(19,20)11-8-12(13(17)18)15(2)9-11/h4-9H,3H2,1-2H3,(H,17,18). The van der Waals surface area contributed by atoms with Gasteiger partial charge in [-0.25, -0.2) is 13.2 Å². The summed E-state index contributed by atoms with van der Waals surface area (Å²) in [6.45, 7) is 1.93. The molecule has 0 radical (unpaired) electrons. The van der Waals surface area contributed by atoms with E-state index < -0.39 is 16.0 Å². The summed E-state index contributed by atoms with van der Waals surface area (Å²) in [5.74, 6) is -1.18. The summed E-state index contributed by atoms with van der Waals surface area (Å²) in [6.07, 6.45) is 4.30. The minimum absolute atomic E-state index is 0.0546. The first kappa shape index (κ1) is 15.0. The molecule has 112 valence electrons. The molecule has 8 heteroatoms. The van der Waals surface area contributed by atoms with Crippen LogP contribution in [0.3, 0.4) is 0 Å². The first-order chi connectivity index (χ1) is 9.87. The van der Waals surface area contributed by atoms with Gasteiger partial charge in [0.15, 0.2) is 0 Å². The Labute approximate surface area is 122 Å². The molecule has 7 nitrogen and oxygen atoms in total. The Hall–Kier alpha value is -2.35. The fraction of sp³-hybridized carbons (Fsp3) is 0.231. The number of sulfonamides is 1. The minimum Gasteiger partial charge on any atom is -0.477 e. The number of pyridine rings is 1. The second-order valence-electron chi connectivity index (χ2n) is 4.35. The molecular formula is C13H15N3O4S. The van der Waals surface area contributed by atoms with Crippen LogP contribution in [0, 0.1) is 0 Å². The topological polar surface area (TPSA) is 92.5 Å². The average Bonchev–Trinajstić information content (AvgIpc) is 2.83. The van der Waals surface area contributed by atoms with E-state index >= 15 is 0 Å². The number of carboxylic acids is 1. The van der Waals surface area contributed by atoms with Gasteiger partial charge >= 0.3 is 5.97 Å². The molecule has 2 aromatic rings. The van der Waals surface area contributed by atoms with E-state index in [0.29, 0.717) is 5.69 Å². The second kappa shape index (κ2) is 5.57. The van der Waals surface area contributed by atoms with E-state index in [-0.39, 0.29) is 17.1 Å². The third kappa shape index (κ3) is 2.75. The van der Waals surface area contributed by atoms with Crippen molar-refractivity contribution in [1.82, 2.24) is 9.55 Å². The molecule has 0 aliphatic heterocycles. The van der Waals surface area contributed by atoms with Crippen molar-refractivity contribution < 1.29 is 18.3 Å². The van der Waals surface area contributed by atoms with Gasteiger partial charge in [0.25, 0.3) is 10.0 Å². The molecule has 0 unspecified atom stereocenters. The Bertz CT molecular complexity index is 753. The summed E-state index contributed by atoms with van der Waals surface area (Å²) < 4.78 is 27.8. The van der Waals surface area contributed by atoms with Crippen molar-refractivity contribution in [2.24, 2.45) is 7.05 Å². The van der Waals surface area contributed by atoms with Crippen LogP contribution in [-0.4, -0.2) is 35.6 Å². The molecule has 0 aromatic carbocycles. The fourth-order valence-electron chi connectivity index (χ4n) is 2.02. The van der Waals surface area contributed by atoms with E-state index in [0.717, 1.165) is 6.07 Å². The zero-order valence-electron chi connectivity index (χ0n) is 11.6. The van der Waals surface area contributed by atoms with E-state index in [4.69, 9.17) is 5.11 Å². The summed E-state index contributed by atoms with van der Waals surface area (Å²) >= 11 is 0. The number of carbonyl (C=O) groups is 1. The van der Waals surface area contributed by atoms with Gasteiger partial charge in [0.2, 0.25) is 0 Å². The number of aryl methyl sites for hydroxylation is 1. The highest BCUT2D eigenvalue weighted by molar-refractivity contribution is 7.92. The second-order valence-corrected chi connectivity index (χ2v) is 6.21. The summed E-state index contributed by atoms with van der Waals surface area (Å²) in [5.41, 5.74) is 0.396. The molecule has 21 heavy (non-hydrogen) atoms. The van der Waals surface area contributed by atoms with Gasteiger partial charge in [0, 0.05) is 32.2 Å². The predicted octanol–water partition coefficient (Wildman–Crippen LogP) is 1.33. The lowest BCUT2D eigenvalue weighted by molar-refractivity contribution is 0.0686. The molecule has 0 saturated heterocycles. The van der Waals surface area contributed by atoms with Crippen LogP contribution in [0.2, 0.25) is 0 Å². The quantitative estimate of drug-likeness (QED) is 0.899. The Morgan fingerprint density at radius 2 is 2.00 bits per heavy atom. The van der Waals surface area contributed by atoms with Crippen LogP contribution in [-0.2, 0) is 17.1 Å². The largest absolute Gasteiger partial charge is 0.477 e. The molecular weight excluding hydrogens is 294 g/mol. The van der Waals surface area contributed by atoms with Crippen LogP contribution >= 0.6 is 0 Å². The van der Waals surface area contributed by atoms with Crippen LogP contribution < -0.4 is 4.31 Å².